The molecule has 2 rings (SSSR count). The maximum Gasteiger partial charge on any atom is 0.201 e. The van der Waals surface area contributed by atoms with Crippen LogP contribution in [0.2, 0.25) is 0 Å². The highest BCUT2D eigenvalue weighted by atomic mass is 16.5. The molecule has 0 saturated heterocycles. The van der Waals surface area contributed by atoms with Gasteiger partial charge in [-0.15, -0.1) is 0 Å². The van der Waals surface area contributed by atoms with Crippen molar-refractivity contribution in [2.24, 2.45) is 0 Å². The van der Waals surface area contributed by atoms with Gasteiger partial charge in [0.15, 0.2) is 17.3 Å². The number of hydrogen-bond acceptors (Lipinski definition) is 4. The van der Waals surface area contributed by atoms with Crippen molar-refractivity contribution in [2.45, 2.75) is 0 Å². The molecule has 0 aliphatic rings. The highest BCUT2D eigenvalue weighted by Gasteiger charge is 2.19. The van der Waals surface area contributed by atoms with Crippen molar-refractivity contribution in [3.05, 3.63) is 53.6 Å². The fraction of sp³-hybridized carbons (Fsp3) is 0.0714. The van der Waals surface area contributed by atoms with Crippen LogP contribution in [-0.4, -0.2) is 23.1 Å². The van der Waals surface area contributed by atoms with Gasteiger partial charge in [0.2, 0.25) is 5.75 Å². The van der Waals surface area contributed by atoms with Crippen LogP contribution in [0.4, 0.5) is 0 Å². The van der Waals surface area contributed by atoms with Crippen LogP contribution in [0.15, 0.2) is 42.5 Å². The second-order valence-corrected chi connectivity index (χ2v) is 3.71. The summed E-state index contributed by atoms with van der Waals surface area (Å²) in [7, 11) is 1.33. The van der Waals surface area contributed by atoms with E-state index in [0.29, 0.717) is 5.56 Å². The number of methoxy groups -OCH3 is 1. The van der Waals surface area contributed by atoms with Crippen LogP contribution in [0.25, 0.3) is 0 Å². The Morgan fingerprint density at radius 2 is 1.72 bits per heavy atom. The number of aromatic hydroxyl groups is 2. The molecule has 2 aromatic carbocycles. The first kappa shape index (κ1) is 12.0. The second kappa shape index (κ2) is 4.79. The molecule has 0 spiro atoms. The van der Waals surface area contributed by atoms with Gasteiger partial charge in [-0.25, -0.2) is 0 Å². The van der Waals surface area contributed by atoms with Gasteiger partial charge in [-0.05, 0) is 12.1 Å². The van der Waals surface area contributed by atoms with Crippen molar-refractivity contribution in [3.8, 4) is 17.2 Å². The summed E-state index contributed by atoms with van der Waals surface area (Å²) >= 11 is 0. The fourth-order valence-corrected chi connectivity index (χ4v) is 1.69. The molecule has 0 radical (unpaired) electrons. The van der Waals surface area contributed by atoms with Gasteiger partial charge in [0, 0.05) is 5.56 Å². The molecule has 0 amide bonds. The Balaban J connectivity index is 2.52. The van der Waals surface area contributed by atoms with Crippen LogP contribution >= 0.6 is 0 Å². The molecule has 0 aliphatic carbocycles. The lowest BCUT2D eigenvalue weighted by molar-refractivity contribution is 0.103. The van der Waals surface area contributed by atoms with Crippen LogP contribution in [0.1, 0.15) is 15.9 Å². The first-order valence-electron chi connectivity index (χ1n) is 5.34. The van der Waals surface area contributed by atoms with Gasteiger partial charge in [0.25, 0.3) is 0 Å². The van der Waals surface area contributed by atoms with E-state index in [1.165, 1.54) is 19.2 Å². The Hall–Kier alpha value is -2.49. The molecule has 18 heavy (non-hydrogen) atoms. The van der Waals surface area contributed by atoms with Gasteiger partial charge in [-0.1, -0.05) is 30.3 Å². The van der Waals surface area contributed by atoms with E-state index < -0.39 is 5.75 Å². The minimum absolute atomic E-state index is 0.0242. The zero-order chi connectivity index (χ0) is 13.1. The van der Waals surface area contributed by atoms with Crippen LogP contribution in [-0.2, 0) is 0 Å². The number of phenols is 2. The molecule has 92 valence electrons. The maximum atomic E-state index is 12.2. The van der Waals surface area contributed by atoms with Gasteiger partial charge in [0.05, 0.1) is 12.7 Å². The summed E-state index contributed by atoms with van der Waals surface area (Å²) in [5.41, 5.74) is 0.694. The third-order valence-electron chi connectivity index (χ3n) is 2.59. The normalized spacial score (nSPS) is 10.1. The van der Waals surface area contributed by atoms with E-state index in [4.69, 9.17) is 4.74 Å². The summed E-state index contributed by atoms with van der Waals surface area (Å²) in [4.78, 5) is 12.2. The van der Waals surface area contributed by atoms with Gasteiger partial charge < -0.3 is 14.9 Å². The Morgan fingerprint density at radius 1 is 1.06 bits per heavy atom. The average molecular weight is 244 g/mol. The number of hydrogen-bond donors (Lipinski definition) is 2. The molecule has 0 heterocycles. The third-order valence-corrected chi connectivity index (χ3v) is 2.59. The molecule has 0 saturated carbocycles. The molecule has 2 aromatic rings. The lowest BCUT2D eigenvalue weighted by atomic mass is 10.0. The summed E-state index contributed by atoms with van der Waals surface area (Å²) < 4.78 is 4.97. The third kappa shape index (κ3) is 2.00. The lowest BCUT2D eigenvalue weighted by Crippen LogP contribution is -2.03. The highest BCUT2D eigenvalue weighted by Crippen LogP contribution is 2.38. The smallest absolute Gasteiger partial charge is 0.201 e. The quantitative estimate of drug-likeness (QED) is 0.642. The van der Waals surface area contributed by atoms with Crippen molar-refractivity contribution in [1.82, 2.24) is 0 Å². The fourth-order valence-electron chi connectivity index (χ4n) is 1.69. The van der Waals surface area contributed by atoms with Gasteiger partial charge in [0.1, 0.15) is 0 Å². The number of ether oxygens (including phenoxy) is 1. The van der Waals surface area contributed by atoms with E-state index in [2.05, 4.69) is 0 Å². The number of benzene rings is 2. The maximum absolute atomic E-state index is 12.2. The van der Waals surface area contributed by atoms with Gasteiger partial charge in [-0.2, -0.15) is 0 Å². The summed E-state index contributed by atoms with van der Waals surface area (Å²) in [6.45, 7) is 0. The summed E-state index contributed by atoms with van der Waals surface area (Å²) in [6.07, 6.45) is 0. The summed E-state index contributed by atoms with van der Waals surface area (Å²) in [6, 6.07) is 11.3. The Labute approximate surface area is 104 Å². The summed E-state index contributed by atoms with van der Waals surface area (Å²) in [5.74, 6) is -1.05. The van der Waals surface area contributed by atoms with Crippen molar-refractivity contribution in [1.29, 1.82) is 0 Å². The predicted octanol–water partition coefficient (Wildman–Crippen LogP) is 2.34. The minimum atomic E-state index is -0.431. The Bertz CT molecular complexity index is 576. The first-order valence-corrected chi connectivity index (χ1v) is 5.34. The molecular formula is C14H12O4. The number of rotatable bonds is 3. The molecule has 0 unspecified atom stereocenters. The second-order valence-electron chi connectivity index (χ2n) is 3.71. The molecule has 0 aromatic heterocycles. The van der Waals surface area contributed by atoms with Crippen molar-refractivity contribution < 1.29 is 19.7 Å². The van der Waals surface area contributed by atoms with Crippen molar-refractivity contribution >= 4 is 5.78 Å². The molecule has 0 bridgehead atoms. The monoisotopic (exact) mass is 244 g/mol. The van der Waals surface area contributed by atoms with E-state index in [1.807, 2.05) is 6.07 Å². The summed E-state index contributed by atoms with van der Waals surface area (Å²) in [5, 5.41) is 19.0. The molecule has 0 fully saturated rings. The van der Waals surface area contributed by atoms with E-state index >= 15 is 0 Å². The minimum Gasteiger partial charge on any atom is -0.504 e. The van der Waals surface area contributed by atoms with E-state index in [1.54, 1.807) is 24.3 Å². The Morgan fingerprint density at radius 3 is 2.33 bits per heavy atom. The van der Waals surface area contributed by atoms with Gasteiger partial charge >= 0.3 is 0 Å². The average Bonchev–Trinajstić information content (AvgIpc) is 2.42. The standard InChI is InChI=1S/C14H12O4/c1-18-14-10(7-8-11(15)13(14)17)12(16)9-5-3-2-4-6-9/h2-8,15,17H,1H3. The topological polar surface area (TPSA) is 66.8 Å². The van der Waals surface area contributed by atoms with E-state index in [-0.39, 0.29) is 22.8 Å². The first-order chi connectivity index (χ1) is 8.65. The molecular weight excluding hydrogens is 232 g/mol. The lowest BCUT2D eigenvalue weighted by Gasteiger charge is -2.10. The van der Waals surface area contributed by atoms with E-state index in [9.17, 15) is 15.0 Å². The Kier molecular flexibility index (Phi) is 3.19. The highest BCUT2D eigenvalue weighted by molar-refractivity contribution is 6.11. The number of ketones is 1. The van der Waals surface area contributed by atoms with Crippen molar-refractivity contribution in [3.63, 3.8) is 0 Å². The van der Waals surface area contributed by atoms with Crippen LogP contribution < -0.4 is 4.74 Å². The molecule has 4 nitrogen and oxygen atoms in total. The van der Waals surface area contributed by atoms with Crippen molar-refractivity contribution in [2.75, 3.05) is 7.11 Å². The van der Waals surface area contributed by atoms with Crippen LogP contribution in [0.3, 0.4) is 0 Å². The molecule has 0 aliphatic heterocycles. The number of carbonyl (C=O) groups is 1. The zero-order valence-electron chi connectivity index (χ0n) is 9.75. The van der Waals surface area contributed by atoms with Crippen LogP contribution in [0.5, 0.6) is 17.2 Å². The molecule has 2 N–H and O–H groups in total. The largest absolute Gasteiger partial charge is 0.504 e. The van der Waals surface area contributed by atoms with Crippen LogP contribution in [0, 0.1) is 0 Å². The zero-order valence-corrected chi connectivity index (χ0v) is 9.75. The molecule has 4 heteroatoms. The number of carbonyl (C=O) groups excluding carboxylic acids is 1. The van der Waals surface area contributed by atoms with E-state index in [0.717, 1.165) is 0 Å². The predicted molar refractivity (Wildman–Crippen MR) is 66.2 cm³/mol. The number of phenolic OH excluding ortho intramolecular Hbond substituents is 2. The van der Waals surface area contributed by atoms with Gasteiger partial charge in [-0.3, -0.25) is 4.79 Å². The molecule has 0 atom stereocenters. The SMILES string of the molecule is COc1c(C(=O)c2ccccc2)ccc(O)c1O.